The normalized spacial score (nSPS) is 17.2. The summed E-state index contributed by atoms with van der Waals surface area (Å²) in [5.41, 5.74) is 0. The van der Waals surface area contributed by atoms with Crippen LogP contribution in [0.2, 0.25) is 0 Å². The van der Waals surface area contributed by atoms with Gasteiger partial charge in [0.1, 0.15) is 10.6 Å². The van der Waals surface area contributed by atoms with Crippen LogP contribution >= 0.6 is 11.3 Å². The zero-order valence-electron chi connectivity index (χ0n) is 16.6. The van der Waals surface area contributed by atoms with Gasteiger partial charge in [0, 0.05) is 31.1 Å². The van der Waals surface area contributed by atoms with E-state index in [1.165, 1.54) is 0 Å². The number of carbonyl (C=O) groups excluding carboxylic acids is 1. The van der Waals surface area contributed by atoms with Gasteiger partial charge >= 0.3 is 6.18 Å². The third-order valence-corrected chi connectivity index (χ3v) is 6.56. The van der Waals surface area contributed by atoms with E-state index in [9.17, 15) is 18.0 Å². The highest BCUT2D eigenvalue weighted by atomic mass is 32.1. The van der Waals surface area contributed by atoms with E-state index in [4.69, 9.17) is 4.98 Å². The molecule has 0 spiro atoms. The molecule has 0 atom stereocenters. The standard InChI is InChI=1S/C18H19F3N8OS/c1-2-10-7-11-14(23-17(24-15(11)31-10)28-4-3-22-13(30)9-28)27-5-6-29-12(8-27)25-26-16(29)18(19,20)21/h7H,2-6,8-9H2,1H3,(H,22,30). The van der Waals surface area contributed by atoms with Gasteiger partial charge in [0.05, 0.1) is 18.5 Å². The van der Waals surface area contributed by atoms with E-state index in [2.05, 4.69) is 27.4 Å². The Hall–Kier alpha value is -2.96. The highest BCUT2D eigenvalue weighted by Crippen LogP contribution is 2.35. The molecule has 3 aromatic heterocycles. The molecule has 1 amide bonds. The van der Waals surface area contributed by atoms with Crippen LogP contribution in [0.1, 0.15) is 23.4 Å². The summed E-state index contributed by atoms with van der Waals surface area (Å²) in [6.45, 7) is 3.91. The molecule has 1 N–H and O–H groups in total. The molecule has 1 saturated heterocycles. The summed E-state index contributed by atoms with van der Waals surface area (Å²) in [7, 11) is 0. The van der Waals surface area contributed by atoms with E-state index in [-0.39, 0.29) is 31.4 Å². The first-order valence-electron chi connectivity index (χ1n) is 9.90. The van der Waals surface area contributed by atoms with E-state index >= 15 is 0 Å². The highest BCUT2D eigenvalue weighted by Gasteiger charge is 2.39. The monoisotopic (exact) mass is 452 g/mol. The molecule has 1 fully saturated rings. The lowest BCUT2D eigenvalue weighted by atomic mass is 10.2. The largest absolute Gasteiger partial charge is 0.451 e. The maximum absolute atomic E-state index is 13.2. The zero-order chi connectivity index (χ0) is 21.8. The van der Waals surface area contributed by atoms with Crippen molar-refractivity contribution in [2.45, 2.75) is 32.6 Å². The smallest absolute Gasteiger partial charge is 0.353 e. The molecule has 31 heavy (non-hydrogen) atoms. The Balaban J connectivity index is 1.55. The van der Waals surface area contributed by atoms with Crippen molar-refractivity contribution in [2.75, 3.05) is 36.0 Å². The quantitative estimate of drug-likeness (QED) is 0.648. The number of halogens is 3. The van der Waals surface area contributed by atoms with Gasteiger partial charge in [-0.3, -0.25) is 4.79 Å². The summed E-state index contributed by atoms with van der Waals surface area (Å²) < 4.78 is 40.6. The van der Waals surface area contributed by atoms with E-state index < -0.39 is 12.0 Å². The third kappa shape index (κ3) is 3.56. The first kappa shape index (κ1) is 20.0. The molecule has 5 rings (SSSR count). The molecule has 0 aliphatic carbocycles. The van der Waals surface area contributed by atoms with Crippen LogP contribution in [0.25, 0.3) is 10.2 Å². The van der Waals surface area contributed by atoms with Gasteiger partial charge in [-0.05, 0) is 12.5 Å². The van der Waals surface area contributed by atoms with Crippen molar-refractivity contribution in [2.24, 2.45) is 0 Å². The van der Waals surface area contributed by atoms with Crippen LogP contribution in [-0.2, 0) is 30.5 Å². The number of hydrogen-bond acceptors (Lipinski definition) is 8. The second-order valence-corrected chi connectivity index (χ2v) is 8.53. The Kier molecular flexibility index (Phi) is 4.72. The lowest BCUT2D eigenvalue weighted by Crippen LogP contribution is -2.48. The number of hydrogen-bond donors (Lipinski definition) is 1. The first-order chi connectivity index (χ1) is 14.8. The minimum Gasteiger partial charge on any atom is -0.353 e. The predicted molar refractivity (Wildman–Crippen MR) is 108 cm³/mol. The number of aromatic nitrogens is 5. The molecule has 2 aliphatic heterocycles. The number of nitrogens with zero attached hydrogens (tertiary/aromatic N) is 7. The van der Waals surface area contributed by atoms with E-state index in [0.29, 0.717) is 31.4 Å². The van der Waals surface area contributed by atoms with E-state index in [1.54, 1.807) is 11.3 Å². The molecule has 3 aromatic rings. The van der Waals surface area contributed by atoms with Gasteiger partial charge in [0.15, 0.2) is 5.82 Å². The fraction of sp³-hybridized carbons (Fsp3) is 0.500. The Morgan fingerprint density at radius 1 is 1.13 bits per heavy atom. The fourth-order valence-electron chi connectivity index (χ4n) is 3.86. The number of thiophene rings is 1. The number of amides is 1. The van der Waals surface area contributed by atoms with Gasteiger partial charge < -0.3 is 19.7 Å². The van der Waals surface area contributed by atoms with Crippen LogP contribution in [0.5, 0.6) is 0 Å². The molecule has 13 heteroatoms. The SMILES string of the molecule is CCc1cc2c(N3CCn4c(nnc4C(F)(F)F)C3)nc(N3CCNC(=O)C3)nc2s1. The minimum absolute atomic E-state index is 0.0947. The molecule has 164 valence electrons. The summed E-state index contributed by atoms with van der Waals surface area (Å²) >= 11 is 1.56. The van der Waals surface area contributed by atoms with Gasteiger partial charge in [-0.15, -0.1) is 21.5 Å². The predicted octanol–water partition coefficient (Wildman–Crippen LogP) is 1.82. The van der Waals surface area contributed by atoms with E-state index in [0.717, 1.165) is 26.1 Å². The molecule has 2 aliphatic rings. The topological polar surface area (TPSA) is 92.1 Å². The molecular formula is C18H19F3N8OS. The van der Waals surface area contributed by atoms with Crippen LogP contribution in [0, 0.1) is 0 Å². The number of anilines is 2. The van der Waals surface area contributed by atoms with Crippen molar-refractivity contribution >= 4 is 39.2 Å². The Bertz CT molecular complexity index is 1160. The summed E-state index contributed by atoms with van der Waals surface area (Å²) in [4.78, 5) is 26.9. The second kappa shape index (κ2) is 7.32. The van der Waals surface area contributed by atoms with Gasteiger partial charge in [0.25, 0.3) is 0 Å². The molecule has 0 bridgehead atoms. The van der Waals surface area contributed by atoms with Crippen molar-refractivity contribution in [3.8, 4) is 0 Å². The van der Waals surface area contributed by atoms with Crippen molar-refractivity contribution in [1.82, 2.24) is 30.0 Å². The van der Waals surface area contributed by atoms with Crippen LogP contribution in [-0.4, -0.2) is 56.8 Å². The van der Waals surface area contributed by atoms with Gasteiger partial charge in [-0.1, -0.05) is 6.92 Å². The summed E-state index contributed by atoms with van der Waals surface area (Å²) in [6, 6.07) is 2.03. The number of aryl methyl sites for hydroxylation is 1. The summed E-state index contributed by atoms with van der Waals surface area (Å²) in [6.07, 6.45) is -3.70. The zero-order valence-corrected chi connectivity index (χ0v) is 17.4. The molecule has 0 saturated carbocycles. The van der Waals surface area contributed by atoms with Crippen molar-refractivity contribution in [3.05, 3.63) is 22.6 Å². The number of alkyl halides is 3. The van der Waals surface area contributed by atoms with Crippen molar-refractivity contribution in [1.29, 1.82) is 0 Å². The van der Waals surface area contributed by atoms with Crippen LogP contribution in [0.4, 0.5) is 24.9 Å². The first-order valence-corrected chi connectivity index (χ1v) is 10.7. The minimum atomic E-state index is -4.54. The van der Waals surface area contributed by atoms with Crippen molar-refractivity contribution < 1.29 is 18.0 Å². The van der Waals surface area contributed by atoms with Crippen LogP contribution in [0.3, 0.4) is 0 Å². The van der Waals surface area contributed by atoms with Gasteiger partial charge in [0.2, 0.25) is 17.7 Å². The number of rotatable bonds is 3. The number of nitrogens with one attached hydrogen (secondary N) is 1. The lowest BCUT2D eigenvalue weighted by Gasteiger charge is -2.31. The van der Waals surface area contributed by atoms with E-state index in [1.807, 2.05) is 15.9 Å². The third-order valence-electron chi connectivity index (χ3n) is 5.39. The Labute approximate surface area is 178 Å². The molecule has 0 unspecified atom stereocenters. The van der Waals surface area contributed by atoms with Crippen molar-refractivity contribution in [3.63, 3.8) is 0 Å². The lowest BCUT2D eigenvalue weighted by molar-refractivity contribution is -0.147. The molecular weight excluding hydrogens is 433 g/mol. The van der Waals surface area contributed by atoms with Gasteiger partial charge in [-0.2, -0.15) is 18.2 Å². The number of carbonyl (C=O) groups is 1. The summed E-state index contributed by atoms with van der Waals surface area (Å²) in [5.74, 6) is 0.270. The molecule has 0 radical (unpaired) electrons. The number of piperazine rings is 1. The average Bonchev–Trinajstić information content (AvgIpc) is 3.36. The van der Waals surface area contributed by atoms with Gasteiger partial charge in [-0.25, -0.2) is 4.98 Å². The average molecular weight is 452 g/mol. The number of fused-ring (bicyclic) bond motifs is 2. The Morgan fingerprint density at radius 3 is 2.71 bits per heavy atom. The fourth-order valence-corrected chi connectivity index (χ4v) is 4.82. The maximum Gasteiger partial charge on any atom is 0.451 e. The Morgan fingerprint density at radius 2 is 1.97 bits per heavy atom. The maximum atomic E-state index is 13.2. The highest BCUT2D eigenvalue weighted by molar-refractivity contribution is 7.18. The molecule has 5 heterocycles. The molecule has 0 aromatic carbocycles. The van der Waals surface area contributed by atoms with Crippen LogP contribution < -0.4 is 15.1 Å². The van der Waals surface area contributed by atoms with Crippen LogP contribution in [0.15, 0.2) is 6.07 Å². The summed E-state index contributed by atoms with van der Waals surface area (Å²) in [5, 5.41) is 10.8. The second-order valence-electron chi connectivity index (χ2n) is 7.41. The molecule has 9 nitrogen and oxygen atoms in total.